The van der Waals surface area contributed by atoms with Crippen LogP contribution in [0, 0.1) is 23.7 Å². The van der Waals surface area contributed by atoms with Crippen molar-refractivity contribution >= 4 is 18.3 Å². The van der Waals surface area contributed by atoms with Crippen molar-refractivity contribution in [2.45, 2.75) is 83.0 Å². The van der Waals surface area contributed by atoms with E-state index in [1.165, 1.54) is 0 Å². The van der Waals surface area contributed by atoms with Gasteiger partial charge in [-0.1, -0.05) is 30.3 Å². The minimum absolute atomic E-state index is 0.153. The Morgan fingerprint density at radius 3 is 1.67 bits per heavy atom. The lowest BCUT2D eigenvalue weighted by atomic mass is 10.00. The van der Waals surface area contributed by atoms with Gasteiger partial charge < -0.3 is 35.1 Å². The Kier molecular flexibility index (Phi) is 11.1. The molecule has 54 heavy (non-hydrogen) atoms. The SMILES string of the molecule is CC(C)(C)OC(=O)N1CCC2C(C1)C2(CN)c1ncccn1.CC(C)(C)OC(=O)N1CCC2C(C1)C2(CNC(=O)OCc1ccccc1)c1ncccn1. The smallest absolute Gasteiger partial charge is 0.410 e. The van der Waals surface area contributed by atoms with Crippen LogP contribution in [0.4, 0.5) is 14.4 Å². The van der Waals surface area contributed by atoms with Crippen molar-refractivity contribution < 1.29 is 28.6 Å². The van der Waals surface area contributed by atoms with Crippen LogP contribution < -0.4 is 11.1 Å². The van der Waals surface area contributed by atoms with Crippen LogP contribution >= 0.6 is 0 Å². The average Bonchev–Trinajstić information content (AvgIpc) is 4.03. The number of benzene rings is 1. The molecule has 4 heterocycles. The Bertz CT molecular complexity index is 1750. The van der Waals surface area contributed by atoms with Crippen LogP contribution in [-0.4, -0.2) is 98.5 Å². The molecular formula is C40H54N8O6. The maximum absolute atomic E-state index is 12.6. The number of carbonyl (C=O) groups excluding carboxylic acids is 3. The molecule has 0 radical (unpaired) electrons. The number of hydrogen-bond acceptors (Lipinski definition) is 11. The van der Waals surface area contributed by atoms with Gasteiger partial charge in [-0.15, -0.1) is 0 Å². The molecule has 2 saturated heterocycles. The van der Waals surface area contributed by atoms with Crippen molar-refractivity contribution in [1.29, 1.82) is 0 Å². The molecule has 2 aliphatic carbocycles. The molecule has 4 aliphatic rings. The number of carbonyl (C=O) groups is 3. The highest BCUT2D eigenvalue weighted by atomic mass is 16.6. The molecule has 290 valence electrons. The molecule has 6 unspecified atom stereocenters. The molecule has 14 heteroatoms. The van der Waals surface area contributed by atoms with E-state index in [1.807, 2.05) is 77.9 Å². The topological polar surface area (TPSA) is 175 Å². The molecule has 2 aromatic heterocycles. The normalized spacial score (nSPS) is 26.9. The van der Waals surface area contributed by atoms with Gasteiger partial charge in [-0.05, 0) is 95.8 Å². The monoisotopic (exact) mass is 742 g/mol. The highest BCUT2D eigenvalue weighted by Gasteiger charge is 2.69. The number of fused-ring (bicyclic) bond motifs is 2. The van der Waals surface area contributed by atoms with Crippen molar-refractivity contribution in [1.82, 2.24) is 35.1 Å². The van der Waals surface area contributed by atoms with Crippen LogP contribution in [0.2, 0.25) is 0 Å². The highest BCUT2D eigenvalue weighted by Crippen LogP contribution is 2.63. The third-order valence-corrected chi connectivity index (χ3v) is 11.0. The number of hydrogen-bond donors (Lipinski definition) is 2. The highest BCUT2D eigenvalue weighted by molar-refractivity contribution is 5.69. The van der Waals surface area contributed by atoms with Crippen LogP contribution in [0.1, 0.15) is 71.6 Å². The second-order valence-electron chi connectivity index (χ2n) is 16.7. The summed E-state index contributed by atoms with van der Waals surface area (Å²) in [7, 11) is 0. The van der Waals surface area contributed by atoms with Crippen LogP contribution in [0.3, 0.4) is 0 Å². The lowest BCUT2D eigenvalue weighted by Gasteiger charge is -2.29. The molecule has 2 aliphatic heterocycles. The van der Waals surface area contributed by atoms with E-state index in [4.69, 9.17) is 19.9 Å². The minimum Gasteiger partial charge on any atom is -0.445 e. The maximum Gasteiger partial charge on any atom is 0.410 e. The number of piperidine rings is 2. The van der Waals surface area contributed by atoms with Crippen molar-refractivity contribution in [2.24, 2.45) is 29.4 Å². The molecule has 1 aromatic carbocycles. The molecule has 3 aromatic rings. The van der Waals surface area contributed by atoms with Gasteiger partial charge in [-0.25, -0.2) is 34.3 Å². The Morgan fingerprint density at radius 1 is 0.722 bits per heavy atom. The van der Waals surface area contributed by atoms with E-state index in [0.717, 1.165) is 24.2 Å². The molecular weight excluding hydrogens is 688 g/mol. The van der Waals surface area contributed by atoms with Crippen molar-refractivity contribution in [3.63, 3.8) is 0 Å². The van der Waals surface area contributed by atoms with E-state index in [9.17, 15) is 14.4 Å². The summed E-state index contributed by atoms with van der Waals surface area (Å²) < 4.78 is 16.4. The van der Waals surface area contributed by atoms with E-state index in [1.54, 1.807) is 40.7 Å². The van der Waals surface area contributed by atoms with E-state index >= 15 is 0 Å². The molecule has 3 amide bonds. The first-order chi connectivity index (χ1) is 25.7. The number of amides is 3. The zero-order chi connectivity index (χ0) is 38.7. The summed E-state index contributed by atoms with van der Waals surface area (Å²) in [6.07, 6.45) is 7.67. The lowest BCUT2D eigenvalue weighted by molar-refractivity contribution is 0.0196. The molecule has 4 fully saturated rings. The summed E-state index contributed by atoms with van der Waals surface area (Å²) in [5, 5.41) is 2.92. The number of likely N-dealkylation sites (tertiary alicyclic amines) is 2. The van der Waals surface area contributed by atoms with E-state index in [-0.39, 0.29) is 36.0 Å². The Balaban J connectivity index is 0.000000197. The molecule has 0 spiro atoms. The fraction of sp³-hybridized carbons (Fsp3) is 0.575. The molecule has 0 bridgehead atoms. The number of alkyl carbamates (subject to hydrolysis) is 1. The fourth-order valence-electron chi connectivity index (χ4n) is 8.41. The Hall–Kier alpha value is -4.85. The van der Waals surface area contributed by atoms with Crippen LogP contribution in [0.5, 0.6) is 0 Å². The lowest BCUT2D eigenvalue weighted by Crippen LogP contribution is -2.41. The van der Waals surface area contributed by atoms with Crippen LogP contribution in [-0.2, 0) is 31.6 Å². The van der Waals surface area contributed by atoms with Gasteiger partial charge in [0.25, 0.3) is 0 Å². The maximum atomic E-state index is 12.6. The second kappa shape index (κ2) is 15.5. The zero-order valence-corrected chi connectivity index (χ0v) is 32.2. The number of aromatic nitrogens is 4. The summed E-state index contributed by atoms with van der Waals surface area (Å²) in [4.78, 5) is 58.6. The van der Waals surface area contributed by atoms with Gasteiger partial charge in [0.15, 0.2) is 0 Å². The summed E-state index contributed by atoms with van der Waals surface area (Å²) in [5.74, 6) is 2.77. The molecule has 7 rings (SSSR count). The van der Waals surface area contributed by atoms with Crippen molar-refractivity contribution in [3.05, 3.63) is 84.5 Å². The largest absolute Gasteiger partial charge is 0.445 e. The predicted molar refractivity (Wildman–Crippen MR) is 200 cm³/mol. The van der Waals surface area contributed by atoms with Gasteiger partial charge in [0, 0.05) is 64.1 Å². The van der Waals surface area contributed by atoms with Crippen LogP contribution in [0.15, 0.2) is 67.3 Å². The average molecular weight is 743 g/mol. The standard InChI is InChI=1S/C24H30N4O4.C16H24N4O2/c1-23(2,3)32-22(30)28-13-10-18-19(14-28)24(18,20-25-11-7-12-26-20)16-27-21(29)31-15-17-8-5-4-6-9-17;1-15(2,3)22-14(21)20-8-5-11-12(9-20)16(11,10-17)13-18-6-4-7-19-13/h4-9,11-12,18-19H,10,13-16H2,1-3H3,(H,27,29);4,6-7,11-12H,5,8-10,17H2,1-3H3. The van der Waals surface area contributed by atoms with Gasteiger partial charge in [0.2, 0.25) is 0 Å². The van der Waals surface area contributed by atoms with Crippen molar-refractivity contribution in [2.75, 3.05) is 39.3 Å². The molecule has 6 atom stereocenters. The first-order valence-electron chi connectivity index (χ1n) is 18.8. The Labute approximate surface area is 317 Å². The number of nitrogens with zero attached hydrogens (tertiary/aromatic N) is 6. The van der Waals surface area contributed by atoms with Crippen molar-refractivity contribution in [3.8, 4) is 0 Å². The summed E-state index contributed by atoms with van der Waals surface area (Å²) >= 11 is 0. The first-order valence-corrected chi connectivity index (χ1v) is 18.8. The van der Waals surface area contributed by atoms with E-state index in [2.05, 4.69) is 25.3 Å². The van der Waals surface area contributed by atoms with Crippen LogP contribution in [0.25, 0.3) is 0 Å². The van der Waals surface area contributed by atoms with Gasteiger partial charge in [-0.2, -0.15) is 0 Å². The predicted octanol–water partition coefficient (Wildman–Crippen LogP) is 5.09. The number of ether oxygens (including phenoxy) is 3. The van der Waals surface area contributed by atoms with Gasteiger partial charge >= 0.3 is 18.3 Å². The van der Waals surface area contributed by atoms with Gasteiger partial charge in [-0.3, -0.25) is 0 Å². The number of nitrogens with one attached hydrogen (secondary N) is 1. The molecule has 2 saturated carbocycles. The minimum atomic E-state index is -0.540. The van der Waals surface area contributed by atoms with Gasteiger partial charge in [0.05, 0.1) is 10.8 Å². The number of rotatable bonds is 7. The van der Waals surface area contributed by atoms with E-state index in [0.29, 0.717) is 56.9 Å². The quantitative estimate of drug-likeness (QED) is 0.309. The number of nitrogens with two attached hydrogens (primary N) is 1. The summed E-state index contributed by atoms with van der Waals surface area (Å²) in [6.45, 7) is 14.9. The second-order valence-corrected chi connectivity index (χ2v) is 16.7. The molecule has 14 nitrogen and oxygen atoms in total. The van der Waals surface area contributed by atoms with Gasteiger partial charge in [0.1, 0.15) is 29.5 Å². The fourth-order valence-corrected chi connectivity index (χ4v) is 8.41. The van der Waals surface area contributed by atoms with E-state index < -0.39 is 22.7 Å². The Morgan fingerprint density at radius 2 is 1.19 bits per heavy atom. The summed E-state index contributed by atoms with van der Waals surface area (Å²) in [5.41, 5.74) is 5.41. The third kappa shape index (κ3) is 8.43. The zero-order valence-electron chi connectivity index (χ0n) is 32.2. The summed E-state index contributed by atoms with van der Waals surface area (Å²) in [6, 6.07) is 13.1. The molecule has 3 N–H and O–H groups in total. The first kappa shape index (κ1) is 38.9. The third-order valence-electron chi connectivity index (χ3n) is 11.0.